The summed E-state index contributed by atoms with van der Waals surface area (Å²) < 4.78 is 29.8. The van der Waals surface area contributed by atoms with E-state index >= 15 is 0 Å². The van der Waals surface area contributed by atoms with Gasteiger partial charge < -0.3 is 14.4 Å². The summed E-state index contributed by atoms with van der Waals surface area (Å²) in [6, 6.07) is 13.3. The second-order valence-corrected chi connectivity index (χ2v) is 9.05. The van der Waals surface area contributed by atoms with Crippen LogP contribution in [0.3, 0.4) is 0 Å². The Morgan fingerprint density at radius 2 is 1.61 bits per heavy atom. The summed E-state index contributed by atoms with van der Waals surface area (Å²) in [6.07, 6.45) is 4.22. The minimum absolute atomic E-state index is 0.0391. The number of nitrogens with zero attached hydrogens (tertiary/aromatic N) is 3. The van der Waals surface area contributed by atoms with E-state index in [4.69, 9.17) is 0 Å². The van der Waals surface area contributed by atoms with Gasteiger partial charge in [-0.3, -0.25) is 4.79 Å². The van der Waals surface area contributed by atoms with Gasteiger partial charge in [0.05, 0.1) is 5.69 Å². The first-order valence-electron chi connectivity index (χ1n) is 11.8. The zero-order valence-electron chi connectivity index (χ0n) is 19.0. The SMILES string of the molecule is Cc1c2c(n(Cc3ccc(F)cc3)c1C(=O)N1CCN(c3ccccc3F)CC1)CCCC2. The third-order valence-electron chi connectivity index (χ3n) is 7.06. The van der Waals surface area contributed by atoms with E-state index in [1.165, 1.54) is 29.5 Å². The molecule has 0 saturated carbocycles. The van der Waals surface area contributed by atoms with Crippen LogP contribution < -0.4 is 4.90 Å². The molecule has 0 radical (unpaired) electrons. The lowest BCUT2D eigenvalue weighted by Crippen LogP contribution is -2.49. The molecule has 0 spiro atoms. The van der Waals surface area contributed by atoms with E-state index in [0.717, 1.165) is 42.5 Å². The second-order valence-electron chi connectivity index (χ2n) is 9.05. The maximum Gasteiger partial charge on any atom is 0.270 e. The highest BCUT2D eigenvalue weighted by atomic mass is 19.1. The van der Waals surface area contributed by atoms with Crippen molar-refractivity contribution in [3.05, 3.63) is 88.2 Å². The fraction of sp³-hybridized carbons (Fsp3) is 0.370. The van der Waals surface area contributed by atoms with Crippen LogP contribution in [0.15, 0.2) is 48.5 Å². The fourth-order valence-corrected chi connectivity index (χ4v) is 5.30. The summed E-state index contributed by atoms with van der Waals surface area (Å²) in [4.78, 5) is 17.7. The van der Waals surface area contributed by atoms with Crippen molar-refractivity contribution in [3.63, 3.8) is 0 Å². The zero-order valence-corrected chi connectivity index (χ0v) is 19.0. The molecular weight excluding hydrogens is 420 g/mol. The summed E-state index contributed by atoms with van der Waals surface area (Å²) in [6.45, 7) is 4.94. The van der Waals surface area contributed by atoms with Crippen molar-refractivity contribution in [3.8, 4) is 0 Å². The maximum atomic E-state index is 14.2. The molecule has 3 aromatic rings. The number of para-hydroxylation sites is 1. The Morgan fingerprint density at radius 3 is 2.33 bits per heavy atom. The molecule has 2 aliphatic rings. The second kappa shape index (κ2) is 9.00. The fourth-order valence-electron chi connectivity index (χ4n) is 5.30. The summed E-state index contributed by atoms with van der Waals surface area (Å²) in [5, 5.41) is 0. The number of hydrogen-bond donors (Lipinski definition) is 0. The molecule has 2 heterocycles. The monoisotopic (exact) mass is 449 g/mol. The Kier molecular flexibility index (Phi) is 5.92. The van der Waals surface area contributed by atoms with Crippen LogP contribution in [0.5, 0.6) is 0 Å². The molecule has 0 unspecified atom stereocenters. The van der Waals surface area contributed by atoms with Gasteiger partial charge >= 0.3 is 0 Å². The van der Waals surface area contributed by atoms with Gasteiger partial charge in [0.15, 0.2) is 0 Å². The molecule has 1 amide bonds. The molecule has 1 fully saturated rings. The van der Waals surface area contributed by atoms with Gasteiger partial charge in [-0.05, 0) is 73.6 Å². The van der Waals surface area contributed by atoms with Gasteiger partial charge in [-0.2, -0.15) is 0 Å². The van der Waals surface area contributed by atoms with E-state index in [2.05, 4.69) is 11.5 Å². The molecule has 0 N–H and O–H groups in total. The minimum atomic E-state index is -0.256. The molecule has 1 aliphatic carbocycles. The zero-order chi connectivity index (χ0) is 22.9. The average Bonchev–Trinajstić information content (AvgIpc) is 3.12. The molecule has 1 aliphatic heterocycles. The third-order valence-corrected chi connectivity index (χ3v) is 7.06. The van der Waals surface area contributed by atoms with E-state index in [0.29, 0.717) is 38.4 Å². The molecule has 5 rings (SSSR count). The van der Waals surface area contributed by atoms with Crippen LogP contribution in [-0.2, 0) is 19.4 Å². The van der Waals surface area contributed by atoms with E-state index in [1.54, 1.807) is 24.3 Å². The molecule has 172 valence electrons. The summed E-state index contributed by atoms with van der Waals surface area (Å²) >= 11 is 0. The molecule has 2 aromatic carbocycles. The van der Waals surface area contributed by atoms with Crippen LogP contribution in [0.2, 0.25) is 0 Å². The van der Waals surface area contributed by atoms with Crippen LogP contribution in [0.4, 0.5) is 14.5 Å². The van der Waals surface area contributed by atoms with E-state index in [9.17, 15) is 13.6 Å². The van der Waals surface area contributed by atoms with Crippen LogP contribution in [0.25, 0.3) is 0 Å². The topological polar surface area (TPSA) is 28.5 Å². The Balaban J connectivity index is 1.41. The summed E-state index contributed by atoms with van der Waals surface area (Å²) in [5.74, 6) is -0.445. The first kappa shape index (κ1) is 21.7. The van der Waals surface area contributed by atoms with E-state index in [1.807, 2.05) is 15.9 Å². The van der Waals surface area contributed by atoms with Gasteiger partial charge in [-0.25, -0.2) is 8.78 Å². The van der Waals surface area contributed by atoms with Crippen molar-refractivity contribution in [1.29, 1.82) is 0 Å². The number of anilines is 1. The summed E-state index contributed by atoms with van der Waals surface area (Å²) in [5.41, 5.74) is 5.96. The number of halogens is 2. The number of piperazine rings is 1. The summed E-state index contributed by atoms with van der Waals surface area (Å²) in [7, 11) is 0. The van der Waals surface area contributed by atoms with Crippen molar-refractivity contribution in [1.82, 2.24) is 9.47 Å². The molecule has 1 saturated heterocycles. The van der Waals surface area contributed by atoms with Gasteiger partial charge in [0.1, 0.15) is 17.3 Å². The van der Waals surface area contributed by atoms with Crippen molar-refractivity contribution < 1.29 is 13.6 Å². The number of amides is 1. The number of carbonyl (C=O) groups excluding carboxylic acids is 1. The number of fused-ring (bicyclic) bond motifs is 1. The first-order chi connectivity index (χ1) is 16.0. The number of carbonyl (C=O) groups is 1. The molecule has 1 aromatic heterocycles. The Morgan fingerprint density at radius 1 is 0.909 bits per heavy atom. The highest BCUT2D eigenvalue weighted by Crippen LogP contribution is 2.32. The smallest absolute Gasteiger partial charge is 0.270 e. The van der Waals surface area contributed by atoms with Gasteiger partial charge in [-0.15, -0.1) is 0 Å². The van der Waals surface area contributed by atoms with Crippen LogP contribution in [-0.4, -0.2) is 41.6 Å². The van der Waals surface area contributed by atoms with Crippen LogP contribution >= 0.6 is 0 Å². The van der Waals surface area contributed by atoms with Crippen molar-refractivity contribution in [2.24, 2.45) is 0 Å². The quantitative estimate of drug-likeness (QED) is 0.563. The highest BCUT2D eigenvalue weighted by Gasteiger charge is 2.31. The molecule has 6 heteroatoms. The van der Waals surface area contributed by atoms with E-state index in [-0.39, 0.29) is 17.5 Å². The largest absolute Gasteiger partial charge is 0.366 e. The van der Waals surface area contributed by atoms with Gasteiger partial charge in [0.2, 0.25) is 0 Å². The number of benzene rings is 2. The predicted molar refractivity (Wildman–Crippen MR) is 126 cm³/mol. The highest BCUT2D eigenvalue weighted by molar-refractivity contribution is 5.95. The molecule has 0 atom stereocenters. The Bertz CT molecular complexity index is 1160. The molecular formula is C27H29F2N3O. The lowest BCUT2D eigenvalue weighted by molar-refractivity contribution is 0.0735. The average molecular weight is 450 g/mol. The lowest BCUT2D eigenvalue weighted by Gasteiger charge is -2.36. The Hall–Kier alpha value is -3.15. The third kappa shape index (κ3) is 4.14. The minimum Gasteiger partial charge on any atom is -0.366 e. The lowest BCUT2D eigenvalue weighted by atomic mass is 9.95. The number of hydrogen-bond acceptors (Lipinski definition) is 2. The van der Waals surface area contributed by atoms with Gasteiger partial charge in [-0.1, -0.05) is 24.3 Å². The Labute approximate surface area is 193 Å². The molecule has 0 bridgehead atoms. The number of rotatable bonds is 4. The van der Waals surface area contributed by atoms with Crippen LogP contribution in [0, 0.1) is 18.6 Å². The van der Waals surface area contributed by atoms with Crippen molar-refractivity contribution in [2.75, 3.05) is 31.1 Å². The predicted octanol–water partition coefficient (Wildman–Crippen LogP) is 4.96. The normalized spacial score (nSPS) is 16.1. The van der Waals surface area contributed by atoms with Crippen molar-refractivity contribution >= 4 is 11.6 Å². The first-order valence-corrected chi connectivity index (χ1v) is 11.8. The number of aromatic nitrogens is 1. The molecule has 4 nitrogen and oxygen atoms in total. The van der Waals surface area contributed by atoms with E-state index < -0.39 is 0 Å². The maximum absolute atomic E-state index is 14.2. The standard InChI is InChI=1S/C27H29F2N3O/c1-19-22-6-2-4-8-24(22)32(18-20-10-12-21(28)13-11-20)26(19)27(33)31-16-14-30(15-17-31)25-9-5-3-7-23(25)29/h3,5,7,9-13H,2,4,6,8,14-18H2,1H3. The van der Waals surface area contributed by atoms with Crippen molar-refractivity contribution in [2.45, 2.75) is 39.2 Å². The van der Waals surface area contributed by atoms with Crippen LogP contribution in [0.1, 0.15) is 45.7 Å². The van der Waals surface area contributed by atoms with Gasteiger partial charge in [0, 0.05) is 38.4 Å². The van der Waals surface area contributed by atoms with Gasteiger partial charge in [0.25, 0.3) is 5.91 Å². The molecule has 33 heavy (non-hydrogen) atoms.